The molecule has 0 aliphatic heterocycles. The zero-order valence-corrected chi connectivity index (χ0v) is 16.7. The van der Waals surface area contributed by atoms with Crippen LogP contribution in [-0.2, 0) is 24.0 Å². The minimum absolute atomic E-state index is 0.149. The molecule has 11 heteroatoms. The Hall–Kier alpha value is -2.69. The fourth-order valence-corrected chi connectivity index (χ4v) is 2.33. The van der Waals surface area contributed by atoms with Gasteiger partial charge >= 0.3 is 5.97 Å². The number of aliphatic carboxylic acids is 1. The molecule has 3 atom stereocenters. The van der Waals surface area contributed by atoms with E-state index in [-0.39, 0.29) is 11.8 Å². The summed E-state index contributed by atoms with van der Waals surface area (Å²) >= 11 is 0. The van der Waals surface area contributed by atoms with Gasteiger partial charge in [0.1, 0.15) is 12.1 Å². The highest BCUT2D eigenvalue weighted by molar-refractivity contribution is 5.95. The number of carboxylic acid groups (broad SMARTS) is 1. The number of nitrogens with two attached hydrogens (primary N) is 2. The van der Waals surface area contributed by atoms with Gasteiger partial charge in [0.2, 0.25) is 23.6 Å². The van der Waals surface area contributed by atoms with Crippen LogP contribution < -0.4 is 27.4 Å². The maximum absolute atomic E-state index is 12.2. The van der Waals surface area contributed by atoms with Crippen LogP contribution in [0.25, 0.3) is 0 Å². The Labute approximate surface area is 164 Å². The van der Waals surface area contributed by atoms with Gasteiger partial charge in [-0.15, -0.1) is 0 Å². The molecule has 0 spiro atoms. The highest BCUT2D eigenvalue weighted by Crippen LogP contribution is 2.04. The van der Waals surface area contributed by atoms with Crippen molar-refractivity contribution in [1.82, 2.24) is 16.0 Å². The highest BCUT2D eigenvalue weighted by Gasteiger charge is 2.27. The molecule has 0 bridgehead atoms. The van der Waals surface area contributed by atoms with E-state index in [1.54, 1.807) is 13.8 Å². The molecule has 11 nitrogen and oxygen atoms in total. The molecule has 28 heavy (non-hydrogen) atoms. The summed E-state index contributed by atoms with van der Waals surface area (Å²) < 4.78 is 0. The van der Waals surface area contributed by atoms with Crippen LogP contribution in [-0.4, -0.2) is 59.4 Å². The number of rotatable bonds is 12. The molecule has 0 aromatic rings. The van der Waals surface area contributed by atoms with Gasteiger partial charge in [-0.25, -0.2) is 4.79 Å². The van der Waals surface area contributed by atoms with E-state index in [1.807, 2.05) is 13.8 Å². The summed E-state index contributed by atoms with van der Waals surface area (Å²) in [7, 11) is 0. The van der Waals surface area contributed by atoms with Gasteiger partial charge < -0.3 is 32.5 Å². The van der Waals surface area contributed by atoms with Crippen LogP contribution in [0.15, 0.2) is 0 Å². The van der Waals surface area contributed by atoms with E-state index in [1.165, 1.54) is 0 Å². The minimum atomic E-state index is -1.30. The Morgan fingerprint density at radius 1 is 0.964 bits per heavy atom. The maximum Gasteiger partial charge on any atom is 0.326 e. The van der Waals surface area contributed by atoms with Crippen LogP contribution in [0.2, 0.25) is 0 Å². The topological polar surface area (TPSA) is 194 Å². The van der Waals surface area contributed by atoms with Gasteiger partial charge in [-0.1, -0.05) is 27.7 Å². The third kappa shape index (κ3) is 9.86. The third-order valence-electron chi connectivity index (χ3n) is 3.77. The molecule has 0 aromatic carbocycles. The molecular formula is C17H31N5O6. The summed E-state index contributed by atoms with van der Waals surface area (Å²) in [5, 5.41) is 15.9. The summed E-state index contributed by atoms with van der Waals surface area (Å²) in [6, 6.07) is -3.27. The first-order valence-electron chi connectivity index (χ1n) is 8.99. The first kappa shape index (κ1) is 25.3. The Morgan fingerprint density at radius 2 is 1.54 bits per heavy atom. The average Bonchev–Trinajstić information content (AvgIpc) is 2.55. The lowest BCUT2D eigenvalue weighted by atomic mass is 10.0. The number of hydrogen-bond donors (Lipinski definition) is 6. The van der Waals surface area contributed by atoms with Crippen molar-refractivity contribution in [2.75, 3.05) is 6.54 Å². The van der Waals surface area contributed by atoms with Gasteiger partial charge in [-0.2, -0.15) is 0 Å². The minimum Gasteiger partial charge on any atom is -0.480 e. The molecule has 3 unspecified atom stereocenters. The lowest BCUT2D eigenvalue weighted by Gasteiger charge is -2.21. The smallest absolute Gasteiger partial charge is 0.326 e. The van der Waals surface area contributed by atoms with E-state index in [4.69, 9.17) is 16.6 Å². The summed E-state index contributed by atoms with van der Waals surface area (Å²) in [6.07, 6.45) is -0.0950. The summed E-state index contributed by atoms with van der Waals surface area (Å²) in [4.78, 5) is 58.5. The van der Waals surface area contributed by atoms with E-state index in [9.17, 15) is 24.0 Å². The third-order valence-corrected chi connectivity index (χ3v) is 3.77. The number of hydrogen-bond acceptors (Lipinski definition) is 6. The predicted molar refractivity (Wildman–Crippen MR) is 101 cm³/mol. The predicted octanol–water partition coefficient (Wildman–Crippen LogP) is -1.94. The quantitative estimate of drug-likeness (QED) is 0.219. The number of carbonyl (C=O) groups is 5. The van der Waals surface area contributed by atoms with E-state index < -0.39 is 60.7 Å². The van der Waals surface area contributed by atoms with Crippen molar-refractivity contribution in [3.63, 3.8) is 0 Å². The monoisotopic (exact) mass is 401 g/mol. The SMILES string of the molecule is CC(C)CC(N)C(=O)NC(CC(N)=O)C(=O)NCC(=O)NC(C(=O)O)C(C)C. The second-order valence-electron chi connectivity index (χ2n) is 7.31. The summed E-state index contributed by atoms with van der Waals surface area (Å²) in [5.74, 6) is -4.39. The molecule has 4 amide bonds. The number of carbonyl (C=O) groups excluding carboxylic acids is 4. The number of primary amides is 1. The molecule has 0 saturated carbocycles. The van der Waals surface area contributed by atoms with Crippen molar-refractivity contribution < 1.29 is 29.1 Å². The van der Waals surface area contributed by atoms with Crippen molar-refractivity contribution >= 4 is 29.6 Å². The van der Waals surface area contributed by atoms with Gasteiger partial charge in [-0.05, 0) is 18.3 Å². The standard InChI is InChI=1S/C17H31N5O6/c1-8(2)5-10(18)15(25)21-11(6-12(19)23)16(26)20-7-13(24)22-14(9(3)4)17(27)28/h8-11,14H,5-7,18H2,1-4H3,(H2,19,23)(H,20,26)(H,21,25)(H,22,24)(H,27,28). The molecule has 0 aromatic heterocycles. The van der Waals surface area contributed by atoms with Crippen LogP contribution in [0.3, 0.4) is 0 Å². The highest BCUT2D eigenvalue weighted by atomic mass is 16.4. The van der Waals surface area contributed by atoms with Crippen molar-refractivity contribution in [3.05, 3.63) is 0 Å². The maximum atomic E-state index is 12.2. The van der Waals surface area contributed by atoms with Crippen molar-refractivity contribution in [2.24, 2.45) is 23.3 Å². The second kappa shape index (κ2) is 11.9. The van der Waals surface area contributed by atoms with E-state index in [0.717, 1.165) is 0 Å². The van der Waals surface area contributed by atoms with E-state index in [0.29, 0.717) is 6.42 Å². The van der Waals surface area contributed by atoms with E-state index >= 15 is 0 Å². The molecule has 0 fully saturated rings. The molecule has 0 rings (SSSR count). The number of carboxylic acids is 1. The van der Waals surface area contributed by atoms with Crippen molar-refractivity contribution in [1.29, 1.82) is 0 Å². The Balaban J connectivity index is 4.85. The van der Waals surface area contributed by atoms with Gasteiger partial charge in [0, 0.05) is 0 Å². The molecule has 0 saturated heterocycles. The Morgan fingerprint density at radius 3 is 1.96 bits per heavy atom. The lowest BCUT2D eigenvalue weighted by molar-refractivity contribution is -0.143. The molecule has 8 N–H and O–H groups in total. The first-order chi connectivity index (χ1) is 12.8. The molecule has 0 aliphatic carbocycles. The molecule has 0 heterocycles. The van der Waals surface area contributed by atoms with Gasteiger partial charge in [0.15, 0.2) is 0 Å². The van der Waals surface area contributed by atoms with Crippen LogP contribution in [0, 0.1) is 11.8 Å². The molecule has 0 radical (unpaired) electrons. The molecular weight excluding hydrogens is 370 g/mol. The normalized spacial score (nSPS) is 14.1. The lowest BCUT2D eigenvalue weighted by Crippen LogP contribution is -2.54. The first-order valence-corrected chi connectivity index (χ1v) is 8.99. The van der Waals surface area contributed by atoms with Gasteiger partial charge in [0.25, 0.3) is 0 Å². The van der Waals surface area contributed by atoms with Gasteiger partial charge in [0.05, 0.1) is 19.0 Å². The van der Waals surface area contributed by atoms with Crippen LogP contribution >= 0.6 is 0 Å². The molecule has 160 valence electrons. The average molecular weight is 401 g/mol. The summed E-state index contributed by atoms with van der Waals surface area (Å²) in [6.45, 7) is 6.47. The fourth-order valence-electron chi connectivity index (χ4n) is 2.33. The zero-order chi connectivity index (χ0) is 22.0. The zero-order valence-electron chi connectivity index (χ0n) is 16.7. The Kier molecular flexibility index (Phi) is 10.8. The number of amides is 4. The molecule has 0 aliphatic rings. The largest absolute Gasteiger partial charge is 0.480 e. The summed E-state index contributed by atoms with van der Waals surface area (Å²) in [5.41, 5.74) is 10.9. The fraction of sp³-hybridized carbons (Fsp3) is 0.706. The van der Waals surface area contributed by atoms with Crippen LogP contribution in [0.4, 0.5) is 0 Å². The van der Waals surface area contributed by atoms with Crippen molar-refractivity contribution in [2.45, 2.75) is 58.7 Å². The van der Waals surface area contributed by atoms with Crippen LogP contribution in [0.5, 0.6) is 0 Å². The van der Waals surface area contributed by atoms with Crippen LogP contribution in [0.1, 0.15) is 40.5 Å². The van der Waals surface area contributed by atoms with Crippen molar-refractivity contribution in [3.8, 4) is 0 Å². The van der Waals surface area contributed by atoms with Gasteiger partial charge in [-0.3, -0.25) is 19.2 Å². The van der Waals surface area contributed by atoms with E-state index in [2.05, 4.69) is 16.0 Å². The number of nitrogens with one attached hydrogen (secondary N) is 3. The Bertz CT molecular complexity index is 593. The second-order valence-corrected chi connectivity index (χ2v) is 7.31.